The molecule has 1 saturated heterocycles. The van der Waals surface area contributed by atoms with Gasteiger partial charge in [-0.25, -0.2) is 0 Å². The maximum absolute atomic E-state index is 13.1. The lowest BCUT2D eigenvalue weighted by atomic mass is 10.0. The highest BCUT2D eigenvalue weighted by Gasteiger charge is 2.45. The molecule has 1 fully saturated rings. The lowest BCUT2D eigenvalue weighted by Crippen LogP contribution is -2.54. The van der Waals surface area contributed by atoms with Gasteiger partial charge in [-0.1, -0.05) is 28.7 Å². The van der Waals surface area contributed by atoms with Crippen LogP contribution in [0.2, 0.25) is 0 Å². The molecule has 0 aromatic heterocycles. The molecule has 0 radical (unpaired) electrons. The molecule has 3 rings (SSSR count). The van der Waals surface area contributed by atoms with Crippen LogP contribution in [0.5, 0.6) is 0 Å². The van der Waals surface area contributed by atoms with E-state index in [0.717, 1.165) is 9.33 Å². The minimum Gasteiger partial charge on any atom is -0.380 e. The van der Waals surface area contributed by atoms with E-state index < -0.39 is 41.0 Å². The fourth-order valence-electron chi connectivity index (χ4n) is 3.63. The maximum atomic E-state index is 13.1. The predicted octanol–water partition coefficient (Wildman–Crippen LogP) is 1.40. The van der Waals surface area contributed by atoms with Crippen molar-refractivity contribution in [1.82, 2.24) is 10.2 Å². The summed E-state index contributed by atoms with van der Waals surface area (Å²) in [5, 5.41) is 5.31. The second kappa shape index (κ2) is 8.23. The van der Waals surface area contributed by atoms with E-state index in [-0.39, 0.29) is 30.5 Å². The molecule has 2 heterocycles. The summed E-state index contributed by atoms with van der Waals surface area (Å²) in [5.41, 5.74) is 5.66. The molecule has 2 aliphatic rings. The Morgan fingerprint density at radius 2 is 1.93 bits per heavy atom. The van der Waals surface area contributed by atoms with Crippen molar-refractivity contribution in [1.29, 1.82) is 0 Å². The van der Waals surface area contributed by atoms with Crippen molar-refractivity contribution in [2.24, 2.45) is 5.73 Å². The first-order chi connectivity index (χ1) is 14.0. The van der Waals surface area contributed by atoms with Crippen LogP contribution in [0.15, 0.2) is 18.2 Å². The molecule has 9 nitrogen and oxygen atoms in total. The van der Waals surface area contributed by atoms with Gasteiger partial charge in [0.15, 0.2) is 0 Å². The molecule has 2 aliphatic heterocycles. The van der Waals surface area contributed by atoms with E-state index in [1.54, 1.807) is 25.1 Å². The van der Waals surface area contributed by atoms with Gasteiger partial charge in [-0.05, 0) is 39.3 Å². The average molecular weight is 528 g/mol. The summed E-state index contributed by atoms with van der Waals surface area (Å²) < 4.78 is 6.71. The molecule has 0 saturated carbocycles. The minimum absolute atomic E-state index is 0.0738. The molecule has 4 amide bonds. The van der Waals surface area contributed by atoms with Gasteiger partial charge in [0.25, 0.3) is 11.8 Å². The van der Waals surface area contributed by atoms with Crippen molar-refractivity contribution >= 4 is 51.9 Å². The predicted molar refractivity (Wildman–Crippen MR) is 118 cm³/mol. The first-order valence-electron chi connectivity index (χ1n) is 9.59. The van der Waals surface area contributed by atoms with Gasteiger partial charge in [0.1, 0.15) is 11.8 Å². The first kappa shape index (κ1) is 22.6. The number of nitrogens with zero attached hydrogens (tertiary/aromatic N) is 1. The van der Waals surface area contributed by atoms with Crippen LogP contribution in [0.3, 0.4) is 0 Å². The Morgan fingerprint density at radius 1 is 1.23 bits per heavy atom. The fraction of sp³-hybridized carbons (Fsp3) is 0.500. The van der Waals surface area contributed by atoms with Crippen molar-refractivity contribution < 1.29 is 23.9 Å². The van der Waals surface area contributed by atoms with Crippen molar-refractivity contribution in [3.05, 3.63) is 29.3 Å². The highest BCUT2D eigenvalue weighted by atomic mass is 127. The molecule has 10 heteroatoms. The summed E-state index contributed by atoms with van der Waals surface area (Å²) in [5.74, 6) is -2.17. The van der Waals surface area contributed by atoms with Gasteiger partial charge in [0.05, 0.1) is 23.3 Å². The Labute approximate surface area is 188 Å². The number of nitrogens with two attached hydrogens (primary N) is 1. The summed E-state index contributed by atoms with van der Waals surface area (Å²) in [4.78, 5) is 50.5. The Kier molecular flexibility index (Phi) is 6.21. The second-order valence-corrected chi connectivity index (χ2v) is 9.10. The Bertz CT molecular complexity index is 914. The second-order valence-electron chi connectivity index (χ2n) is 8.34. The van der Waals surface area contributed by atoms with Crippen LogP contribution >= 0.6 is 22.6 Å². The number of hydrogen-bond acceptors (Lipinski definition) is 7. The van der Waals surface area contributed by atoms with Gasteiger partial charge in [0, 0.05) is 16.5 Å². The van der Waals surface area contributed by atoms with E-state index >= 15 is 0 Å². The third-order valence-corrected chi connectivity index (χ3v) is 6.77. The topological polar surface area (TPSA) is 131 Å². The molecular formula is C20H25IN4O5. The number of carbonyl (C=O) groups excluding carboxylic acids is 4. The number of anilines is 1. The van der Waals surface area contributed by atoms with E-state index in [0.29, 0.717) is 5.69 Å². The van der Waals surface area contributed by atoms with Crippen LogP contribution in [0.25, 0.3) is 0 Å². The van der Waals surface area contributed by atoms with Crippen molar-refractivity contribution in [3.63, 3.8) is 0 Å². The van der Waals surface area contributed by atoms with E-state index in [4.69, 9.17) is 10.5 Å². The third-order valence-electron chi connectivity index (χ3n) is 4.93. The van der Waals surface area contributed by atoms with E-state index in [2.05, 4.69) is 33.2 Å². The normalized spacial score (nSPS) is 21.4. The highest BCUT2D eigenvalue weighted by Crippen LogP contribution is 2.32. The monoisotopic (exact) mass is 528 g/mol. The molecule has 1 aromatic rings. The van der Waals surface area contributed by atoms with Gasteiger partial charge < -0.3 is 15.8 Å². The van der Waals surface area contributed by atoms with Gasteiger partial charge in [-0.15, -0.1) is 0 Å². The van der Waals surface area contributed by atoms with E-state index in [1.165, 1.54) is 0 Å². The standard InChI is InChI=1S/C20H25IN4O5/c1-19(2,9-21)30-20(3,22)10-23-12-6-4-5-11-15(12)18(29)25(17(11)28)13-7-8-14(26)24-16(13)27/h4-6,13,23H,7-10,22H2,1-3H3,(H,24,26,27). The van der Waals surface area contributed by atoms with Crippen molar-refractivity contribution in [3.8, 4) is 0 Å². The lowest BCUT2D eigenvalue weighted by molar-refractivity contribution is -0.136. The Balaban J connectivity index is 1.82. The molecule has 2 unspecified atom stereocenters. The zero-order valence-electron chi connectivity index (χ0n) is 17.1. The zero-order valence-corrected chi connectivity index (χ0v) is 19.2. The first-order valence-corrected chi connectivity index (χ1v) is 11.1. The number of amides is 4. The molecule has 162 valence electrons. The number of ether oxygens (including phenoxy) is 1. The average Bonchev–Trinajstić information content (AvgIpc) is 2.91. The smallest absolute Gasteiger partial charge is 0.264 e. The van der Waals surface area contributed by atoms with Crippen molar-refractivity contribution in [2.75, 3.05) is 16.3 Å². The Morgan fingerprint density at radius 3 is 2.57 bits per heavy atom. The number of imide groups is 2. The highest BCUT2D eigenvalue weighted by molar-refractivity contribution is 14.1. The number of nitrogens with one attached hydrogen (secondary N) is 2. The lowest BCUT2D eigenvalue weighted by Gasteiger charge is -2.35. The van der Waals surface area contributed by atoms with E-state index in [1.807, 2.05) is 13.8 Å². The van der Waals surface area contributed by atoms with Gasteiger partial charge in [-0.2, -0.15) is 0 Å². The summed E-state index contributed by atoms with van der Waals surface area (Å²) in [7, 11) is 0. The molecule has 1 aromatic carbocycles. The largest absolute Gasteiger partial charge is 0.380 e. The van der Waals surface area contributed by atoms with Crippen LogP contribution in [-0.4, -0.2) is 56.9 Å². The van der Waals surface area contributed by atoms with Gasteiger partial charge in [0.2, 0.25) is 11.8 Å². The number of carbonyl (C=O) groups is 4. The van der Waals surface area contributed by atoms with Gasteiger partial charge >= 0.3 is 0 Å². The summed E-state index contributed by atoms with van der Waals surface area (Å²) in [6.07, 6.45) is 0.184. The molecule has 0 spiro atoms. The fourth-order valence-corrected chi connectivity index (χ4v) is 3.78. The van der Waals surface area contributed by atoms with Crippen molar-refractivity contribution in [2.45, 2.75) is 51.0 Å². The number of halogens is 1. The number of hydrogen-bond donors (Lipinski definition) is 3. The summed E-state index contributed by atoms with van der Waals surface area (Å²) >= 11 is 2.22. The number of benzene rings is 1. The number of alkyl halides is 1. The van der Waals surface area contributed by atoms with Crippen LogP contribution < -0.4 is 16.4 Å². The number of piperidine rings is 1. The van der Waals surface area contributed by atoms with Gasteiger partial charge in [-0.3, -0.25) is 29.4 Å². The molecule has 0 aliphatic carbocycles. The SMILES string of the molecule is CC(C)(CI)OC(C)(N)CNc1cccc2c1C(=O)N(C1CCC(=O)NC1=O)C2=O. The number of rotatable bonds is 7. The van der Waals surface area contributed by atoms with Crippen LogP contribution in [0, 0.1) is 0 Å². The molecular weight excluding hydrogens is 503 g/mol. The third kappa shape index (κ3) is 4.49. The van der Waals surface area contributed by atoms with Crippen LogP contribution in [0.1, 0.15) is 54.3 Å². The van der Waals surface area contributed by atoms with E-state index in [9.17, 15) is 19.2 Å². The summed E-state index contributed by atoms with van der Waals surface area (Å²) in [6.45, 7) is 5.80. The molecule has 0 bridgehead atoms. The van der Waals surface area contributed by atoms with Crippen LogP contribution in [-0.2, 0) is 14.3 Å². The maximum Gasteiger partial charge on any atom is 0.264 e. The minimum atomic E-state index is -1.02. The number of fused-ring (bicyclic) bond motifs is 1. The summed E-state index contributed by atoms with van der Waals surface area (Å²) in [6, 6.07) is 3.88. The zero-order chi connectivity index (χ0) is 22.3. The quantitative estimate of drug-likeness (QED) is 0.211. The molecule has 30 heavy (non-hydrogen) atoms. The van der Waals surface area contributed by atoms with Crippen LogP contribution in [0.4, 0.5) is 5.69 Å². The molecule has 4 N–H and O–H groups in total. The molecule has 2 atom stereocenters. The Hall–Kier alpha value is -2.05.